The van der Waals surface area contributed by atoms with Gasteiger partial charge in [-0.1, -0.05) is 125 Å². The van der Waals surface area contributed by atoms with Gasteiger partial charge in [-0.25, -0.2) is 0 Å². The molecule has 0 aliphatic heterocycles. The Morgan fingerprint density at radius 1 is 0.500 bits per heavy atom. The van der Waals surface area contributed by atoms with Gasteiger partial charge >= 0.3 is 23.9 Å². The van der Waals surface area contributed by atoms with Crippen LogP contribution in [0.5, 0.6) is 0 Å². The van der Waals surface area contributed by atoms with Crippen LogP contribution in [-0.4, -0.2) is 46.3 Å². The fraction of sp³-hybridized carbons (Fsp3) is 0.905. The third kappa shape index (κ3) is 20.1. The van der Waals surface area contributed by atoms with Gasteiger partial charge in [-0.3, -0.25) is 19.2 Å². The Kier molecular flexibility index (Phi) is 26.1. The van der Waals surface area contributed by atoms with Crippen molar-refractivity contribution < 1.29 is 38.9 Å². The molecule has 292 valence electrons. The van der Waals surface area contributed by atoms with E-state index >= 15 is 0 Å². The molecule has 2 rings (SSSR count). The van der Waals surface area contributed by atoms with Crippen LogP contribution >= 0.6 is 0 Å². The molecule has 6 unspecified atom stereocenters. The molecule has 0 heterocycles. The van der Waals surface area contributed by atoms with Crippen molar-refractivity contribution in [2.75, 3.05) is 0 Å². The molecule has 2 N–H and O–H groups in total. The van der Waals surface area contributed by atoms with Crippen molar-refractivity contribution in [1.29, 1.82) is 0 Å². The molecule has 0 saturated heterocycles. The van der Waals surface area contributed by atoms with Crippen molar-refractivity contribution in [3.63, 3.8) is 0 Å². The number of esters is 2. The molecule has 2 aliphatic carbocycles. The van der Waals surface area contributed by atoms with Crippen LogP contribution in [0.4, 0.5) is 0 Å². The van der Waals surface area contributed by atoms with Gasteiger partial charge in [-0.15, -0.1) is 0 Å². The van der Waals surface area contributed by atoms with Crippen LogP contribution < -0.4 is 0 Å². The molecule has 0 radical (unpaired) electrons. The van der Waals surface area contributed by atoms with Crippen LogP contribution in [-0.2, 0) is 28.7 Å². The van der Waals surface area contributed by atoms with Gasteiger partial charge in [0.15, 0.2) is 0 Å². The van der Waals surface area contributed by atoms with Crippen LogP contribution in [0, 0.1) is 29.6 Å². The Balaban J connectivity index is 0.000000500. The minimum Gasteiger partial charge on any atom is -0.481 e. The third-order valence-corrected chi connectivity index (χ3v) is 11.2. The molecule has 2 fully saturated rings. The lowest BCUT2D eigenvalue weighted by Crippen LogP contribution is -2.31. The standard InChI is InChI=1S/2C21H38O4/c1-4-7-13-19(14-8-10-16(5-2)6-3)25-21(24)18-12-9-11-17(15-18)20(22)23;1-3-5-6-7-8-9-10-15-19(12-4-2)25-21(24)18-14-11-13-17(16-18)20(22)23/h16-19H,4-15H2,1-3H3,(H,22,23);17-19H,3-16H2,1-2H3,(H,22,23). The number of unbranched alkanes of at least 4 members (excludes halogenated alkanes) is 7. The third-order valence-electron chi connectivity index (χ3n) is 11.2. The molecule has 6 atom stereocenters. The first-order chi connectivity index (χ1) is 24.1. The fourth-order valence-corrected chi connectivity index (χ4v) is 7.72. The summed E-state index contributed by atoms with van der Waals surface area (Å²) in [5.74, 6) is -2.29. The van der Waals surface area contributed by atoms with Crippen molar-refractivity contribution in [2.45, 2.75) is 214 Å². The molecule has 0 amide bonds. The predicted molar refractivity (Wildman–Crippen MR) is 201 cm³/mol. The number of aliphatic carboxylic acids is 2. The summed E-state index contributed by atoms with van der Waals surface area (Å²) in [7, 11) is 0. The smallest absolute Gasteiger partial charge is 0.309 e. The number of ether oxygens (including phenoxy) is 2. The molecule has 0 spiro atoms. The highest BCUT2D eigenvalue weighted by molar-refractivity contribution is 5.76. The van der Waals surface area contributed by atoms with E-state index in [0.717, 1.165) is 89.4 Å². The Bertz CT molecular complexity index is 915. The number of carboxylic acid groups (broad SMARTS) is 2. The average Bonchev–Trinajstić information content (AvgIpc) is 3.12. The van der Waals surface area contributed by atoms with Crippen molar-refractivity contribution >= 4 is 23.9 Å². The van der Waals surface area contributed by atoms with Gasteiger partial charge in [0.1, 0.15) is 12.2 Å². The van der Waals surface area contributed by atoms with Crippen LogP contribution in [0.1, 0.15) is 202 Å². The molecule has 8 heteroatoms. The minimum atomic E-state index is -0.773. The number of hydrogen-bond acceptors (Lipinski definition) is 6. The molecule has 0 aromatic heterocycles. The first-order valence-corrected chi connectivity index (χ1v) is 21.0. The van der Waals surface area contributed by atoms with Gasteiger partial charge in [0.2, 0.25) is 0 Å². The molecular formula is C42H76O8. The molecular weight excluding hydrogens is 632 g/mol. The van der Waals surface area contributed by atoms with Crippen LogP contribution in [0.3, 0.4) is 0 Å². The largest absolute Gasteiger partial charge is 0.481 e. The molecule has 0 bridgehead atoms. The maximum absolute atomic E-state index is 12.5. The van der Waals surface area contributed by atoms with Crippen LogP contribution in [0.2, 0.25) is 0 Å². The Morgan fingerprint density at radius 3 is 1.38 bits per heavy atom. The summed E-state index contributed by atoms with van der Waals surface area (Å²) in [6.45, 7) is 11.0. The lowest BCUT2D eigenvalue weighted by atomic mass is 9.81. The van der Waals surface area contributed by atoms with Crippen molar-refractivity contribution in [1.82, 2.24) is 0 Å². The summed E-state index contributed by atoms with van der Waals surface area (Å²) in [4.78, 5) is 47.3. The first-order valence-electron chi connectivity index (χ1n) is 21.0. The highest BCUT2D eigenvalue weighted by Crippen LogP contribution is 2.32. The van der Waals surface area contributed by atoms with Gasteiger partial charge in [-0.05, 0) is 83.0 Å². The van der Waals surface area contributed by atoms with Gasteiger partial charge in [-0.2, -0.15) is 0 Å². The molecule has 0 aromatic rings. The minimum absolute atomic E-state index is 0.00650. The summed E-state index contributed by atoms with van der Waals surface area (Å²) in [5, 5.41) is 18.4. The molecule has 2 saturated carbocycles. The summed E-state index contributed by atoms with van der Waals surface area (Å²) >= 11 is 0. The van der Waals surface area contributed by atoms with E-state index in [1.807, 2.05) is 0 Å². The SMILES string of the molecule is CCCCC(CCCC(CC)CC)OC(=O)C1CCCC(C(=O)O)C1.CCCCCCCCCC(CCC)OC(=O)C1CCCC(C(=O)O)C1. The van der Waals surface area contributed by atoms with E-state index in [1.165, 1.54) is 57.8 Å². The quantitative estimate of drug-likeness (QED) is 0.0708. The summed E-state index contributed by atoms with van der Waals surface area (Å²) in [6, 6.07) is 0. The second-order valence-electron chi connectivity index (χ2n) is 15.4. The zero-order chi connectivity index (χ0) is 37.1. The van der Waals surface area contributed by atoms with Crippen molar-refractivity contribution in [3.8, 4) is 0 Å². The summed E-state index contributed by atoms with van der Waals surface area (Å²) < 4.78 is 11.6. The number of hydrogen-bond donors (Lipinski definition) is 2. The zero-order valence-corrected chi connectivity index (χ0v) is 32.8. The van der Waals surface area contributed by atoms with E-state index in [2.05, 4.69) is 34.6 Å². The highest BCUT2D eigenvalue weighted by Gasteiger charge is 2.34. The van der Waals surface area contributed by atoms with Gasteiger partial charge in [0, 0.05) is 0 Å². The molecule has 0 aromatic carbocycles. The zero-order valence-electron chi connectivity index (χ0n) is 32.8. The van der Waals surface area contributed by atoms with E-state index < -0.39 is 11.9 Å². The maximum atomic E-state index is 12.5. The predicted octanol–water partition coefficient (Wildman–Crippen LogP) is 11.3. The van der Waals surface area contributed by atoms with Gasteiger partial charge in [0.05, 0.1) is 23.7 Å². The van der Waals surface area contributed by atoms with E-state index in [-0.39, 0.29) is 47.8 Å². The van der Waals surface area contributed by atoms with E-state index in [0.29, 0.717) is 25.7 Å². The Morgan fingerprint density at radius 2 is 0.920 bits per heavy atom. The van der Waals surface area contributed by atoms with Gasteiger partial charge in [0.25, 0.3) is 0 Å². The van der Waals surface area contributed by atoms with E-state index in [9.17, 15) is 29.4 Å². The van der Waals surface area contributed by atoms with E-state index in [1.54, 1.807) is 0 Å². The first kappa shape index (κ1) is 45.9. The highest BCUT2D eigenvalue weighted by atomic mass is 16.5. The molecule has 2 aliphatic rings. The molecule has 50 heavy (non-hydrogen) atoms. The number of carboxylic acids is 2. The Hall–Kier alpha value is -2.12. The average molecular weight is 709 g/mol. The maximum Gasteiger partial charge on any atom is 0.309 e. The lowest BCUT2D eigenvalue weighted by molar-refractivity contribution is -0.159. The second-order valence-corrected chi connectivity index (χ2v) is 15.4. The second kappa shape index (κ2) is 28.5. The topological polar surface area (TPSA) is 127 Å². The number of carbonyl (C=O) groups is 4. The van der Waals surface area contributed by atoms with Crippen LogP contribution in [0.25, 0.3) is 0 Å². The Labute approximate surface area is 305 Å². The molecule has 8 nitrogen and oxygen atoms in total. The fourth-order valence-electron chi connectivity index (χ4n) is 7.72. The monoisotopic (exact) mass is 709 g/mol. The number of carbonyl (C=O) groups excluding carboxylic acids is 2. The summed E-state index contributed by atoms with van der Waals surface area (Å²) in [5.41, 5.74) is 0. The van der Waals surface area contributed by atoms with Gasteiger partial charge < -0.3 is 19.7 Å². The van der Waals surface area contributed by atoms with E-state index in [4.69, 9.17) is 9.47 Å². The number of rotatable bonds is 25. The summed E-state index contributed by atoms with van der Waals surface area (Å²) in [6.07, 6.45) is 26.0. The van der Waals surface area contributed by atoms with Crippen molar-refractivity contribution in [2.24, 2.45) is 29.6 Å². The van der Waals surface area contributed by atoms with Crippen molar-refractivity contribution in [3.05, 3.63) is 0 Å². The lowest BCUT2D eigenvalue weighted by Gasteiger charge is -2.27. The van der Waals surface area contributed by atoms with Crippen LogP contribution in [0.15, 0.2) is 0 Å². The normalized spacial score (nSPS) is 21.8.